The third kappa shape index (κ3) is 28.4. The molecule has 1 aliphatic rings. The molecule has 7 N–H and O–H groups in total. The van der Waals surface area contributed by atoms with Crippen molar-refractivity contribution >= 4 is 19.8 Å². The van der Waals surface area contributed by atoms with Gasteiger partial charge in [0.1, 0.15) is 43.2 Å². The van der Waals surface area contributed by atoms with Crippen LogP contribution < -0.4 is 0 Å². The molecule has 4 unspecified atom stereocenters. The van der Waals surface area contributed by atoms with E-state index in [2.05, 4.69) is 74.6 Å². The van der Waals surface area contributed by atoms with E-state index in [-0.39, 0.29) is 19.3 Å². The minimum atomic E-state index is -5.17. The predicted molar refractivity (Wildman–Crippen MR) is 240 cm³/mol. The Bertz CT molecular complexity index is 1470. The lowest BCUT2D eigenvalue weighted by atomic mass is 9.85. The van der Waals surface area contributed by atoms with Gasteiger partial charge in [-0.25, -0.2) is 4.57 Å². The first-order chi connectivity index (χ1) is 29.8. The Morgan fingerprint density at radius 3 is 1.79 bits per heavy atom. The Kier molecular flexibility index (Phi) is 33.1. The van der Waals surface area contributed by atoms with E-state index in [0.717, 1.165) is 77.0 Å². The first kappa shape index (κ1) is 56.7. The summed E-state index contributed by atoms with van der Waals surface area (Å²) < 4.78 is 33.3. The van der Waals surface area contributed by atoms with E-state index in [9.17, 15) is 49.7 Å². The summed E-state index contributed by atoms with van der Waals surface area (Å²) in [7, 11) is -5.17. The molecule has 0 spiro atoms. The number of aliphatic hydroxyl groups is 6. The highest BCUT2D eigenvalue weighted by Crippen LogP contribution is 2.47. The summed E-state index contributed by atoms with van der Waals surface area (Å²) in [6.07, 6.45) is 30.6. The monoisotopic (exact) mass is 894 g/mol. The van der Waals surface area contributed by atoms with Crippen molar-refractivity contribution in [1.29, 1.82) is 0 Å². The van der Waals surface area contributed by atoms with E-state index in [1.54, 1.807) is 24.3 Å². The zero-order valence-corrected chi connectivity index (χ0v) is 37.6. The topological polar surface area (TPSA) is 230 Å². The molecular formula is C47H75O14P. The van der Waals surface area contributed by atoms with Crippen LogP contribution in [0.2, 0.25) is 0 Å². The molecule has 0 aromatic rings. The third-order valence-electron chi connectivity index (χ3n) is 9.48. The van der Waals surface area contributed by atoms with Crippen LogP contribution in [0.3, 0.4) is 0 Å². The van der Waals surface area contributed by atoms with Crippen molar-refractivity contribution in [3.63, 3.8) is 0 Å². The van der Waals surface area contributed by atoms with Crippen molar-refractivity contribution < 1.29 is 68.2 Å². The van der Waals surface area contributed by atoms with Crippen LogP contribution >= 0.6 is 7.82 Å². The lowest BCUT2D eigenvalue weighted by molar-refractivity contribution is -0.220. The molecule has 1 rings (SSSR count). The smallest absolute Gasteiger partial charge is 0.462 e. The standard InChI is InChI=1S/C47H75O14P/c1-3-5-7-9-11-13-15-17-19-21-23-25-28-32-38(48)33-29-27-31-34-40(49)58-36-39(37-59-62(56,57)61-47-45(54)43(52)42(51)44(53)46(47)55)60-41(50)35-30-26-24-22-20-18-16-14-12-10-8-6-4-2/h5,7-8,10-11,13-14,16-17,19,23,25,27-29,32,38-39,42-48,51-55H,3-4,6,9,12,15,18,20-22,24,26,30-31,33-37H2,1-2H3,(H,56,57)/b7-5-,10-8-,13-11-,16-14-,19-17-,25-23-,29-27-,32-28-/t38?,39-,42?,43-,44+,45-,46-,47?/m1/s1. The molecule has 0 amide bonds. The number of hydrogen-bond donors (Lipinski definition) is 7. The molecule has 62 heavy (non-hydrogen) atoms. The summed E-state index contributed by atoms with van der Waals surface area (Å²) in [6, 6.07) is 0. The number of carbonyl (C=O) groups excluding carboxylic acids is 2. The van der Waals surface area contributed by atoms with Crippen molar-refractivity contribution in [1.82, 2.24) is 0 Å². The van der Waals surface area contributed by atoms with Crippen LogP contribution in [0.1, 0.15) is 123 Å². The van der Waals surface area contributed by atoms with Crippen molar-refractivity contribution in [2.24, 2.45) is 0 Å². The zero-order chi connectivity index (χ0) is 45.9. The molecule has 1 aliphatic carbocycles. The molecule has 0 aliphatic heterocycles. The van der Waals surface area contributed by atoms with Crippen LogP contribution in [0.15, 0.2) is 97.2 Å². The highest BCUT2D eigenvalue weighted by molar-refractivity contribution is 7.47. The first-order valence-corrected chi connectivity index (χ1v) is 23.6. The molecule has 352 valence electrons. The van der Waals surface area contributed by atoms with Gasteiger partial charge in [0.15, 0.2) is 6.10 Å². The maximum atomic E-state index is 12.8. The number of allylic oxidation sites excluding steroid dienone is 14. The average molecular weight is 895 g/mol. The van der Waals surface area contributed by atoms with Crippen LogP contribution in [0.5, 0.6) is 0 Å². The molecule has 9 atom stereocenters. The Morgan fingerprint density at radius 1 is 0.597 bits per heavy atom. The number of aliphatic hydroxyl groups excluding tert-OH is 6. The fourth-order valence-electron chi connectivity index (χ4n) is 5.90. The maximum absolute atomic E-state index is 12.8. The van der Waals surface area contributed by atoms with Gasteiger partial charge in [0, 0.05) is 12.8 Å². The molecule has 0 bridgehead atoms. The first-order valence-electron chi connectivity index (χ1n) is 22.1. The summed E-state index contributed by atoms with van der Waals surface area (Å²) in [6.45, 7) is 2.92. The molecule has 14 nitrogen and oxygen atoms in total. The Morgan fingerprint density at radius 2 is 1.15 bits per heavy atom. The van der Waals surface area contributed by atoms with Crippen molar-refractivity contribution in [2.45, 2.75) is 172 Å². The molecular weight excluding hydrogens is 819 g/mol. The molecule has 1 saturated carbocycles. The number of ether oxygens (including phenoxy) is 2. The highest BCUT2D eigenvalue weighted by Gasteiger charge is 2.51. The molecule has 0 heterocycles. The largest absolute Gasteiger partial charge is 0.472 e. The second kappa shape index (κ2) is 36.1. The minimum Gasteiger partial charge on any atom is -0.462 e. The number of phosphoric ester groups is 1. The van der Waals surface area contributed by atoms with Gasteiger partial charge in [0.2, 0.25) is 0 Å². The van der Waals surface area contributed by atoms with E-state index in [1.165, 1.54) is 0 Å². The third-order valence-corrected chi connectivity index (χ3v) is 10.5. The van der Waals surface area contributed by atoms with Crippen molar-refractivity contribution in [3.8, 4) is 0 Å². The molecule has 1 fully saturated rings. The van der Waals surface area contributed by atoms with Gasteiger partial charge in [-0.2, -0.15) is 0 Å². The quantitative estimate of drug-likeness (QED) is 0.0111. The van der Waals surface area contributed by atoms with E-state index >= 15 is 0 Å². The molecule has 15 heteroatoms. The predicted octanol–water partition coefficient (Wildman–Crippen LogP) is 7.24. The van der Waals surface area contributed by atoms with E-state index in [4.69, 9.17) is 18.5 Å². The van der Waals surface area contributed by atoms with Gasteiger partial charge in [-0.15, -0.1) is 0 Å². The number of hydrogen-bond acceptors (Lipinski definition) is 13. The lowest BCUT2D eigenvalue weighted by Gasteiger charge is -2.41. The molecule has 0 aromatic heterocycles. The maximum Gasteiger partial charge on any atom is 0.472 e. The van der Waals surface area contributed by atoms with Gasteiger partial charge in [-0.1, -0.05) is 137 Å². The fourth-order valence-corrected chi connectivity index (χ4v) is 6.88. The van der Waals surface area contributed by atoms with Crippen molar-refractivity contribution in [3.05, 3.63) is 97.2 Å². The molecule has 0 radical (unpaired) electrons. The van der Waals surface area contributed by atoms with Crippen molar-refractivity contribution in [2.75, 3.05) is 13.2 Å². The zero-order valence-electron chi connectivity index (χ0n) is 36.7. The summed E-state index contributed by atoms with van der Waals surface area (Å²) in [5.74, 6) is -1.31. The van der Waals surface area contributed by atoms with E-state index in [0.29, 0.717) is 12.8 Å². The number of carbonyl (C=O) groups is 2. The normalized spacial score (nSPS) is 23.3. The number of esters is 2. The summed E-state index contributed by atoms with van der Waals surface area (Å²) in [5, 5.41) is 60.3. The second-order valence-electron chi connectivity index (χ2n) is 15.0. The van der Waals surface area contributed by atoms with Gasteiger partial charge in [0.05, 0.1) is 12.7 Å². The molecule has 0 aromatic carbocycles. The summed E-state index contributed by atoms with van der Waals surface area (Å²) in [5.41, 5.74) is 0. The average Bonchev–Trinajstić information content (AvgIpc) is 3.25. The van der Waals surface area contributed by atoms with Crippen LogP contribution in [0.25, 0.3) is 0 Å². The van der Waals surface area contributed by atoms with Crippen LogP contribution in [0, 0.1) is 0 Å². The lowest BCUT2D eigenvalue weighted by Crippen LogP contribution is -2.64. The number of unbranched alkanes of at least 4 members (excludes halogenated alkanes) is 6. The fraction of sp³-hybridized carbons (Fsp3) is 0.617. The van der Waals surface area contributed by atoms with E-state index in [1.807, 2.05) is 12.2 Å². The second-order valence-corrected chi connectivity index (χ2v) is 16.4. The number of rotatable bonds is 34. The summed E-state index contributed by atoms with van der Waals surface area (Å²) in [4.78, 5) is 35.6. The van der Waals surface area contributed by atoms with Crippen LogP contribution in [-0.2, 0) is 32.7 Å². The van der Waals surface area contributed by atoms with Crippen LogP contribution in [-0.4, -0.2) is 110 Å². The number of phosphoric acid groups is 1. The highest BCUT2D eigenvalue weighted by atomic mass is 31.2. The SMILES string of the molecule is CC/C=C\C/C=C\C/C=C\C/C=C\C=C/C(O)C/C=C\CCC(=O)OC[C@H](COP(=O)(O)OC1[C@H](O)[C@H](O)C(O)[C@H](O)[C@H]1O)OC(=O)CCCCCCC/C=C\C/C=C\CCC. The van der Waals surface area contributed by atoms with Gasteiger partial charge in [-0.3, -0.25) is 18.6 Å². The van der Waals surface area contributed by atoms with Gasteiger partial charge < -0.3 is 45.0 Å². The Hall–Kier alpha value is -3.27. The van der Waals surface area contributed by atoms with Crippen LogP contribution in [0.4, 0.5) is 0 Å². The minimum absolute atomic E-state index is 0.0373. The Labute approximate surface area is 369 Å². The van der Waals surface area contributed by atoms with Gasteiger partial charge >= 0.3 is 19.8 Å². The summed E-state index contributed by atoms with van der Waals surface area (Å²) >= 11 is 0. The molecule has 0 saturated heterocycles. The van der Waals surface area contributed by atoms with Gasteiger partial charge in [0.25, 0.3) is 0 Å². The van der Waals surface area contributed by atoms with Gasteiger partial charge in [-0.05, 0) is 70.6 Å². The Balaban J connectivity index is 2.59. The van der Waals surface area contributed by atoms with E-state index < -0.39 is 81.8 Å².